The second-order valence-electron chi connectivity index (χ2n) is 1.81. The van der Waals surface area contributed by atoms with E-state index in [1.54, 1.807) is 0 Å². The molecule has 0 aliphatic heterocycles. The second kappa shape index (κ2) is 2.64. The van der Waals surface area contributed by atoms with Crippen molar-refractivity contribution in [3.05, 3.63) is 24.0 Å². The summed E-state index contributed by atoms with van der Waals surface area (Å²) in [7, 11) is 0. The van der Waals surface area contributed by atoms with Crippen LogP contribution in [0, 0.1) is 0 Å². The van der Waals surface area contributed by atoms with Crippen LogP contribution in [-0.2, 0) is 0 Å². The van der Waals surface area contributed by atoms with Gasteiger partial charge in [0.1, 0.15) is 5.75 Å². The number of nitrogens with zero attached hydrogens (tertiary/aromatic N) is 1. The molecular formula is C6H7NO3. The van der Waals surface area contributed by atoms with Crippen molar-refractivity contribution >= 4 is 0 Å². The molecule has 0 amide bonds. The van der Waals surface area contributed by atoms with Gasteiger partial charge >= 0.3 is 0 Å². The van der Waals surface area contributed by atoms with E-state index in [0.29, 0.717) is 0 Å². The summed E-state index contributed by atoms with van der Waals surface area (Å²) < 4.78 is 0. The van der Waals surface area contributed by atoms with E-state index in [0.717, 1.165) is 6.20 Å². The summed E-state index contributed by atoms with van der Waals surface area (Å²) in [5.74, 6) is 0.00407. The average Bonchev–Trinajstić information content (AvgIpc) is 1.88. The zero-order valence-corrected chi connectivity index (χ0v) is 5.10. The first kappa shape index (κ1) is 6.98. The predicted molar refractivity (Wildman–Crippen MR) is 33.1 cm³/mol. The van der Waals surface area contributed by atoms with Crippen LogP contribution in [0.4, 0.5) is 0 Å². The van der Waals surface area contributed by atoms with Crippen LogP contribution in [0.3, 0.4) is 0 Å². The topological polar surface area (TPSA) is 73.6 Å². The van der Waals surface area contributed by atoms with Gasteiger partial charge in [0.2, 0.25) is 0 Å². The van der Waals surface area contributed by atoms with E-state index in [2.05, 4.69) is 4.98 Å². The third-order valence-corrected chi connectivity index (χ3v) is 1.04. The smallest absolute Gasteiger partial charge is 0.196 e. The van der Waals surface area contributed by atoms with Crippen molar-refractivity contribution in [2.45, 2.75) is 6.29 Å². The van der Waals surface area contributed by atoms with Gasteiger partial charge in [0.05, 0.1) is 11.9 Å². The Kier molecular flexibility index (Phi) is 1.84. The van der Waals surface area contributed by atoms with Gasteiger partial charge in [-0.3, -0.25) is 4.98 Å². The Bertz CT molecular complexity index is 207. The lowest BCUT2D eigenvalue weighted by Crippen LogP contribution is -1.96. The van der Waals surface area contributed by atoms with E-state index in [-0.39, 0.29) is 11.4 Å². The summed E-state index contributed by atoms with van der Waals surface area (Å²) in [6.45, 7) is 0. The molecular weight excluding hydrogens is 134 g/mol. The SMILES string of the molecule is Oc1ccc(C(O)O)nc1. The first-order valence-electron chi connectivity index (χ1n) is 2.71. The zero-order chi connectivity index (χ0) is 7.56. The van der Waals surface area contributed by atoms with Crippen LogP contribution in [0.25, 0.3) is 0 Å². The molecule has 4 heteroatoms. The zero-order valence-electron chi connectivity index (χ0n) is 5.10. The molecule has 0 aliphatic rings. The first-order valence-corrected chi connectivity index (χ1v) is 2.71. The summed E-state index contributed by atoms with van der Waals surface area (Å²) >= 11 is 0. The van der Waals surface area contributed by atoms with Gasteiger partial charge in [0.25, 0.3) is 0 Å². The highest BCUT2D eigenvalue weighted by atomic mass is 16.5. The van der Waals surface area contributed by atoms with Crippen molar-refractivity contribution in [3.63, 3.8) is 0 Å². The Morgan fingerprint density at radius 3 is 2.40 bits per heavy atom. The molecule has 0 atom stereocenters. The quantitative estimate of drug-likeness (QED) is 0.472. The van der Waals surface area contributed by atoms with Crippen molar-refractivity contribution in [2.24, 2.45) is 0 Å². The number of aromatic hydroxyl groups is 1. The Balaban J connectivity index is 2.89. The molecule has 0 saturated heterocycles. The number of aliphatic hydroxyl groups excluding tert-OH is 1. The van der Waals surface area contributed by atoms with Gasteiger partial charge in [0, 0.05) is 0 Å². The fourth-order valence-corrected chi connectivity index (χ4v) is 0.550. The molecule has 0 saturated carbocycles. The monoisotopic (exact) mass is 141 g/mol. The van der Waals surface area contributed by atoms with Crippen molar-refractivity contribution < 1.29 is 15.3 Å². The summed E-state index contributed by atoms with van der Waals surface area (Å²) in [5, 5.41) is 25.8. The number of hydrogen-bond donors (Lipinski definition) is 3. The van der Waals surface area contributed by atoms with Crippen LogP contribution in [0.1, 0.15) is 12.0 Å². The number of aliphatic hydroxyl groups is 2. The molecule has 1 aromatic heterocycles. The van der Waals surface area contributed by atoms with Crippen molar-refractivity contribution in [2.75, 3.05) is 0 Å². The highest BCUT2D eigenvalue weighted by molar-refractivity contribution is 5.18. The Morgan fingerprint density at radius 2 is 2.00 bits per heavy atom. The van der Waals surface area contributed by atoms with Gasteiger partial charge in [-0.1, -0.05) is 0 Å². The van der Waals surface area contributed by atoms with Crippen LogP contribution in [-0.4, -0.2) is 20.3 Å². The van der Waals surface area contributed by atoms with Crippen molar-refractivity contribution in [1.29, 1.82) is 0 Å². The highest BCUT2D eigenvalue weighted by Gasteiger charge is 2.01. The average molecular weight is 141 g/mol. The Morgan fingerprint density at radius 1 is 1.30 bits per heavy atom. The molecule has 1 aromatic rings. The molecule has 0 fully saturated rings. The summed E-state index contributed by atoms with van der Waals surface area (Å²) in [6, 6.07) is 2.67. The number of rotatable bonds is 1. The number of hydrogen-bond acceptors (Lipinski definition) is 4. The van der Waals surface area contributed by atoms with Crippen LogP contribution in [0.5, 0.6) is 5.75 Å². The van der Waals surface area contributed by atoms with E-state index in [4.69, 9.17) is 15.3 Å². The van der Waals surface area contributed by atoms with E-state index < -0.39 is 6.29 Å². The molecule has 0 aliphatic carbocycles. The van der Waals surface area contributed by atoms with E-state index in [1.807, 2.05) is 0 Å². The molecule has 10 heavy (non-hydrogen) atoms. The van der Waals surface area contributed by atoms with Crippen molar-refractivity contribution in [1.82, 2.24) is 4.98 Å². The minimum Gasteiger partial charge on any atom is -0.506 e. The minimum absolute atomic E-state index is 0.00407. The summed E-state index contributed by atoms with van der Waals surface area (Å²) in [6.07, 6.45) is -0.421. The van der Waals surface area contributed by atoms with E-state index in [1.165, 1.54) is 12.1 Å². The molecule has 0 bridgehead atoms. The van der Waals surface area contributed by atoms with Gasteiger partial charge in [-0.05, 0) is 12.1 Å². The second-order valence-corrected chi connectivity index (χ2v) is 1.81. The number of pyridine rings is 1. The lowest BCUT2D eigenvalue weighted by molar-refractivity contribution is -0.0458. The highest BCUT2D eigenvalue weighted by Crippen LogP contribution is 2.10. The van der Waals surface area contributed by atoms with Crippen LogP contribution < -0.4 is 0 Å². The van der Waals surface area contributed by atoms with Crippen LogP contribution in [0.2, 0.25) is 0 Å². The molecule has 3 N–H and O–H groups in total. The van der Waals surface area contributed by atoms with Gasteiger partial charge in [-0.2, -0.15) is 0 Å². The van der Waals surface area contributed by atoms with Gasteiger partial charge in [-0.15, -0.1) is 0 Å². The van der Waals surface area contributed by atoms with Crippen LogP contribution >= 0.6 is 0 Å². The Hall–Kier alpha value is -1.13. The largest absolute Gasteiger partial charge is 0.506 e. The fourth-order valence-electron chi connectivity index (χ4n) is 0.550. The third-order valence-electron chi connectivity index (χ3n) is 1.04. The van der Waals surface area contributed by atoms with Crippen molar-refractivity contribution in [3.8, 4) is 5.75 Å². The standard InChI is InChI=1S/C6H7NO3/c8-4-1-2-5(6(9)10)7-3-4/h1-3,6,8-10H. The maximum Gasteiger partial charge on any atom is 0.196 e. The van der Waals surface area contributed by atoms with Gasteiger partial charge < -0.3 is 15.3 Å². The molecule has 54 valence electrons. The molecule has 4 nitrogen and oxygen atoms in total. The van der Waals surface area contributed by atoms with Crippen LogP contribution in [0.15, 0.2) is 18.3 Å². The summed E-state index contributed by atoms with van der Waals surface area (Å²) in [5.41, 5.74) is 0.123. The lowest BCUT2D eigenvalue weighted by Gasteiger charge is -2.00. The molecule has 0 radical (unpaired) electrons. The Labute approximate surface area is 57.4 Å². The van der Waals surface area contributed by atoms with E-state index >= 15 is 0 Å². The molecule has 0 unspecified atom stereocenters. The maximum absolute atomic E-state index is 8.71. The van der Waals surface area contributed by atoms with E-state index in [9.17, 15) is 0 Å². The first-order chi connectivity index (χ1) is 4.70. The van der Waals surface area contributed by atoms with Gasteiger partial charge in [0.15, 0.2) is 6.29 Å². The number of aromatic nitrogens is 1. The lowest BCUT2D eigenvalue weighted by atomic mass is 10.3. The molecule has 1 heterocycles. The predicted octanol–water partition coefficient (Wildman–Crippen LogP) is -0.230. The molecule has 0 spiro atoms. The normalized spacial score (nSPS) is 10.3. The maximum atomic E-state index is 8.71. The molecule has 1 rings (SSSR count). The molecule has 0 aromatic carbocycles. The fraction of sp³-hybridized carbons (Fsp3) is 0.167. The third kappa shape index (κ3) is 1.43. The minimum atomic E-state index is -1.57. The summed E-state index contributed by atoms with van der Waals surface area (Å²) in [4.78, 5) is 3.53. The van der Waals surface area contributed by atoms with Gasteiger partial charge in [-0.25, -0.2) is 0 Å².